The van der Waals surface area contributed by atoms with Crippen molar-refractivity contribution in [2.75, 3.05) is 33.4 Å². The van der Waals surface area contributed by atoms with Crippen LogP contribution in [0, 0.1) is 6.92 Å². The second kappa shape index (κ2) is 6.37. The van der Waals surface area contributed by atoms with E-state index in [9.17, 15) is 0 Å². The van der Waals surface area contributed by atoms with Gasteiger partial charge in [-0.1, -0.05) is 13.0 Å². The molecule has 1 aromatic carbocycles. The first kappa shape index (κ1) is 14.3. The van der Waals surface area contributed by atoms with Crippen LogP contribution >= 0.6 is 0 Å². The third-order valence-electron chi connectivity index (χ3n) is 3.86. The summed E-state index contributed by atoms with van der Waals surface area (Å²) < 4.78 is 11.1. The number of nitrogens with zero attached hydrogens (tertiary/aromatic N) is 1. The highest BCUT2D eigenvalue weighted by atomic mass is 16.5. The Labute approximate surface area is 115 Å². The van der Waals surface area contributed by atoms with Gasteiger partial charge in [0.2, 0.25) is 0 Å². The van der Waals surface area contributed by atoms with Crippen LogP contribution in [-0.4, -0.2) is 44.4 Å². The van der Waals surface area contributed by atoms with E-state index in [0.29, 0.717) is 0 Å². The number of rotatable bonds is 4. The number of ether oxygens (including phenoxy) is 2. The number of aryl methyl sites for hydroxylation is 1. The molecule has 1 aliphatic rings. The van der Waals surface area contributed by atoms with Gasteiger partial charge in [-0.2, -0.15) is 0 Å². The highest BCUT2D eigenvalue weighted by molar-refractivity contribution is 5.37. The average Bonchev–Trinajstić information content (AvgIpc) is 2.46. The lowest BCUT2D eigenvalue weighted by atomic mass is 9.96. The lowest BCUT2D eigenvalue weighted by Gasteiger charge is -2.35. The Balaban J connectivity index is 2.12. The van der Waals surface area contributed by atoms with Gasteiger partial charge in [0.15, 0.2) is 0 Å². The lowest BCUT2D eigenvalue weighted by molar-refractivity contribution is -0.0393. The normalized spacial score (nSPS) is 22.2. The van der Waals surface area contributed by atoms with Crippen molar-refractivity contribution in [1.29, 1.82) is 0 Å². The van der Waals surface area contributed by atoms with Crippen LogP contribution in [0.3, 0.4) is 0 Å². The Bertz CT molecular complexity index is 423. The molecule has 0 amide bonds. The maximum absolute atomic E-state index is 6.39. The second-order valence-corrected chi connectivity index (χ2v) is 5.05. The van der Waals surface area contributed by atoms with E-state index >= 15 is 0 Å². The molecule has 1 heterocycles. The highest BCUT2D eigenvalue weighted by Crippen LogP contribution is 2.25. The monoisotopic (exact) mass is 264 g/mol. The number of hydrogen-bond acceptors (Lipinski definition) is 4. The lowest BCUT2D eigenvalue weighted by Crippen LogP contribution is -2.46. The number of hydrogen-bond donors (Lipinski definition) is 1. The minimum Gasteiger partial charge on any atom is -0.497 e. The Hall–Kier alpha value is -1.10. The quantitative estimate of drug-likeness (QED) is 0.899. The molecule has 2 N–H and O–H groups in total. The van der Waals surface area contributed by atoms with Gasteiger partial charge in [-0.05, 0) is 36.7 Å². The Morgan fingerprint density at radius 3 is 2.95 bits per heavy atom. The topological polar surface area (TPSA) is 47.7 Å². The molecule has 1 saturated heterocycles. The summed E-state index contributed by atoms with van der Waals surface area (Å²) in [6.07, 6.45) is 0.0702. The van der Waals surface area contributed by atoms with Crippen molar-refractivity contribution in [3.8, 4) is 5.75 Å². The maximum atomic E-state index is 6.39. The largest absolute Gasteiger partial charge is 0.497 e. The van der Waals surface area contributed by atoms with Gasteiger partial charge in [-0.25, -0.2) is 0 Å². The van der Waals surface area contributed by atoms with Gasteiger partial charge in [0.05, 0.1) is 25.9 Å². The maximum Gasteiger partial charge on any atom is 0.119 e. The second-order valence-electron chi connectivity index (χ2n) is 5.05. The Kier molecular flexibility index (Phi) is 4.80. The van der Waals surface area contributed by atoms with E-state index in [0.717, 1.165) is 43.1 Å². The standard InChI is InChI=1S/C15H24N2O2/c1-4-17-7-8-19-14(10-17)15(16)13-6-5-12(18-3)9-11(13)2/h5-6,9,14-15H,4,7-8,10,16H2,1-3H3. The third kappa shape index (κ3) is 3.26. The fourth-order valence-electron chi connectivity index (χ4n) is 2.59. The van der Waals surface area contributed by atoms with Gasteiger partial charge in [-0.15, -0.1) is 0 Å². The molecule has 0 aromatic heterocycles. The molecule has 1 aromatic rings. The number of benzene rings is 1. The molecule has 2 atom stereocenters. The Morgan fingerprint density at radius 1 is 1.53 bits per heavy atom. The van der Waals surface area contributed by atoms with Crippen LogP contribution in [0.2, 0.25) is 0 Å². The van der Waals surface area contributed by atoms with E-state index in [2.05, 4.69) is 18.7 Å². The van der Waals surface area contributed by atoms with Crippen LogP contribution in [0.1, 0.15) is 24.1 Å². The van der Waals surface area contributed by atoms with Crippen molar-refractivity contribution in [1.82, 2.24) is 4.90 Å². The average molecular weight is 264 g/mol. The molecular weight excluding hydrogens is 240 g/mol. The molecule has 0 saturated carbocycles. The molecule has 0 radical (unpaired) electrons. The van der Waals surface area contributed by atoms with Crippen molar-refractivity contribution < 1.29 is 9.47 Å². The van der Waals surface area contributed by atoms with Gasteiger partial charge in [0, 0.05) is 13.1 Å². The van der Waals surface area contributed by atoms with E-state index in [4.69, 9.17) is 15.2 Å². The summed E-state index contributed by atoms with van der Waals surface area (Å²) in [5, 5.41) is 0. The number of methoxy groups -OCH3 is 1. The predicted octanol–water partition coefficient (Wildman–Crippen LogP) is 1.72. The molecule has 19 heavy (non-hydrogen) atoms. The van der Waals surface area contributed by atoms with Crippen LogP contribution in [0.25, 0.3) is 0 Å². The van der Waals surface area contributed by atoms with Crippen molar-refractivity contribution in [3.63, 3.8) is 0 Å². The van der Waals surface area contributed by atoms with Crippen LogP contribution in [0.15, 0.2) is 18.2 Å². The summed E-state index contributed by atoms with van der Waals surface area (Å²) in [6.45, 7) is 7.96. The van der Waals surface area contributed by atoms with Crippen molar-refractivity contribution >= 4 is 0 Å². The first-order valence-electron chi connectivity index (χ1n) is 6.89. The fraction of sp³-hybridized carbons (Fsp3) is 0.600. The smallest absolute Gasteiger partial charge is 0.119 e. The van der Waals surface area contributed by atoms with E-state index in [-0.39, 0.29) is 12.1 Å². The van der Waals surface area contributed by atoms with Crippen LogP contribution in [0.5, 0.6) is 5.75 Å². The van der Waals surface area contributed by atoms with Gasteiger partial charge in [0.25, 0.3) is 0 Å². The summed E-state index contributed by atoms with van der Waals surface area (Å²) >= 11 is 0. The van der Waals surface area contributed by atoms with E-state index < -0.39 is 0 Å². The van der Waals surface area contributed by atoms with E-state index in [1.54, 1.807) is 7.11 Å². The van der Waals surface area contributed by atoms with Crippen molar-refractivity contribution in [2.24, 2.45) is 5.73 Å². The molecular formula is C15H24N2O2. The molecule has 0 bridgehead atoms. The molecule has 1 aliphatic heterocycles. The van der Waals surface area contributed by atoms with E-state index in [1.165, 1.54) is 0 Å². The number of likely N-dealkylation sites (N-methyl/N-ethyl adjacent to an activating group) is 1. The van der Waals surface area contributed by atoms with Crippen molar-refractivity contribution in [3.05, 3.63) is 29.3 Å². The fourth-order valence-corrected chi connectivity index (χ4v) is 2.59. The van der Waals surface area contributed by atoms with Gasteiger partial charge in [-0.3, -0.25) is 4.90 Å². The number of nitrogens with two attached hydrogens (primary N) is 1. The van der Waals surface area contributed by atoms with Gasteiger partial charge < -0.3 is 15.2 Å². The zero-order chi connectivity index (χ0) is 13.8. The molecule has 4 heteroatoms. The summed E-state index contributed by atoms with van der Waals surface area (Å²) in [5.41, 5.74) is 8.69. The third-order valence-corrected chi connectivity index (χ3v) is 3.86. The Morgan fingerprint density at radius 2 is 2.32 bits per heavy atom. The molecule has 1 fully saturated rings. The molecule has 0 spiro atoms. The molecule has 4 nitrogen and oxygen atoms in total. The molecule has 0 aliphatic carbocycles. The summed E-state index contributed by atoms with van der Waals surface area (Å²) in [7, 11) is 1.68. The molecule has 2 rings (SSSR count). The van der Waals surface area contributed by atoms with Crippen LogP contribution < -0.4 is 10.5 Å². The van der Waals surface area contributed by atoms with Gasteiger partial charge in [0.1, 0.15) is 5.75 Å². The predicted molar refractivity (Wildman–Crippen MR) is 76.5 cm³/mol. The number of morpholine rings is 1. The molecule has 106 valence electrons. The highest BCUT2D eigenvalue weighted by Gasteiger charge is 2.27. The van der Waals surface area contributed by atoms with Crippen molar-refractivity contribution in [2.45, 2.75) is 26.0 Å². The SMILES string of the molecule is CCN1CCOC(C(N)c2ccc(OC)cc2C)C1. The zero-order valence-electron chi connectivity index (χ0n) is 12.1. The van der Waals surface area contributed by atoms with Gasteiger partial charge >= 0.3 is 0 Å². The minimum atomic E-state index is -0.0831. The first-order valence-corrected chi connectivity index (χ1v) is 6.89. The summed E-state index contributed by atoms with van der Waals surface area (Å²) in [4.78, 5) is 2.38. The van der Waals surface area contributed by atoms with E-state index in [1.807, 2.05) is 18.2 Å². The van der Waals surface area contributed by atoms with Crippen LogP contribution in [-0.2, 0) is 4.74 Å². The molecule has 2 unspecified atom stereocenters. The summed E-state index contributed by atoms with van der Waals surface area (Å²) in [5.74, 6) is 0.869. The minimum absolute atomic E-state index is 0.0702. The summed E-state index contributed by atoms with van der Waals surface area (Å²) in [6, 6.07) is 5.95. The van der Waals surface area contributed by atoms with Crippen LogP contribution in [0.4, 0.5) is 0 Å². The first-order chi connectivity index (χ1) is 9.15. The zero-order valence-corrected chi connectivity index (χ0v) is 12.1.